The molecule has 1 N–H and O–H groups in total. The summed E-state index contributed by atoms with van der Waals surface area (Å²) >= 11 is 0. The molecule has 0 unspecified atom stereocenters. The zero-order valence-corrected chi connectivity index (χ0v) is 10.1. The third-order valence-corrected chi connectivity index (χ3v) is 3.21. The van der Waals surface area contributed by atoms with E-state index >= 15 is 0 Å². The van der Waals surface area contributed by atoms with E-state index in [0.717, 1.165) is 23.8 Å². The molecule has 1 aromatic carbocycles. The van der Waals surface area contributed by atoms with Crippen molar-refractivity contribution in [2.24, 2.45) is 5.92 Å². The van der Waals surface area contributed by atoms with E-state index in [1.165, 1.54) is 12.8 Å². The van der Waals surface area contributed by atoms with E-state index in [1.807, 2.05) is 38.1 Å². The Morgan fingerprint density at radius 2 is 1.88 bits per heavy atom. The fourth-order valence-corrected chi connectivity index (χ4v) is 1.59. The van der Waals surface area contributed by atoms with Gasteiger partial charge in [0.1, 0.15) is 5.75 Å². The molecule has 1 saturated carbocycles. The predicted molar refractivity (Wildman–Crippen MR) is 64.8 cm³/mol. The Balaban J connectivity index is 1.97. The maximum absolute atomic E-state index is 9.27. The summed E-state index contributed by atoms with van der Waals surface area (Å²) in [5.41, 5.74) is 0.975. The van der Waals surface area contributed by atoms with Crippen LogP contribution in [0.3, 0.4) is 0 Å². The fourth-order valence-electron chi connectivity index (χ4n) is 1.59. The molecule has 0 heterocycles. The molecule has 1 aliphatic rings. The SMILES string of the molecule is CC(C)(CO)c1ccc(OCC2CC2)cc1. The highest BCUT2D eigenvalue weighted by Crippen LogP contribution is 2.30. The van der Waals surface area contributed by atoms with E-state index in [9.17, 15) is 5.11 Å². The molecule has 0 radical (unpaired) electrons. The molecule has 16 heavy (non-hydrogen) atoms. The Morgan fingerprint density at radius 3 is 2.38 bits per heavy atom. The second-order valence-corrected chi connectivity index (χ2v) is 5.32. The van der Waals surface area contributed by atoms with E-state index < -0.39 is 0 Å². The molecule has 1 aromatic rings. The molecule has 2 nitrogen and oxygen atoms in total. The summed E-state index contributed by atoms with van der Waals surface area (Å²) < 4.78 is 5.67. The van der Waals surface area contributed by atoms with Crippen molar-refractivity contribution in [2.75, 3.05) is 13.2 Å². The van der Waals surface area contributed by atoms with E-state index in [1.54, 1.807) is 0 Å². The summed E-state index contributed by atoms with van der Waals surface area (Å²) in [5, 5.41) is 9.27. The van der Waals surface area contributed by atoms with Gasteiger partial charge in [-0.3, -0.25) is 0 Å². The molecule has 0 amide bonds. The molecule has 88 valence electrons. The molecule has 2 rings (SSSR count). The lowest BCUT2D eigenvalue weighted by atomic mass is 9.86. The van der Waals surface area contributed by atoms with Crippen LogP contribution in [0.25, 0.3) is 0 Å². The van der Waals surface area contributed by atoms with Crippen molar-refractivity contribution >= 4 is 0 Å². The van der Waals surface area contributed by atoms with Gasteiger partial charge in [-0.05, 0) is 36.5 Å². The van der Waals surface area contributed by atoms with E-state index in [0.29, 0.717) is 0 Å². The molecular weight excluding hydrogens is 200 g/mol. The largest absolute Gasteiger partial charge is 0.493 e. The first-order valence-corrected chi connectivity index (χ1v) is 5.96. The maximum atomic E-state index is 9.27. The van der Waals surface area contributed by atoms with Crippen LogP contribution in [0.15, 0.2) is 24.3 Å². The van der Waals surface area contributed by atoms with Gasteiger partial charge >= 0.3 is 0 Å². The van der Waals surface area contributed by atoms with Crippen molar-refractivity contribution in [2.45, 2.75) is 32.1 Å². The lowest BCUT2D eigenvalue weighted by Crippen LogP contribution is -2.21. The van der Waals surface area contributed by atoms with Crippen molar-refractivity contribution < 1.29 is 9.84 Å². The van der Waals surface area contributed by atoms with Crippen LogP contribution in [0.1, 0.15) is 32.3 Å². The van der Waals surface area contributed by atoms with Crippen LogP contribution in [-0.2, 0) is 5.41 Å². The third-order valence-electron chi connectivity index (χ3n) is 3.21. The van der Waals surface area contributed by atoms with E-state index in [2.05, 4.69) is 0 Å². The van der Waals surface area contributed by atoms with Crippen LogP contribution in [0, 0.1) is 5.92 Å². The van der Waals surface area contributed by atoms with Crippen LogP contribution in [0.4, 0.5) is 0 Å². The Hall–Kier alpha value is -1.02. The topological polar surface area (TPSA) is 29.5 Å². The maximum Gasteiger partial charge on any atom is 0.119 e. The molecule has 0 aliphatic heterocycles. The van der Waals surface area contributed by atoms with Crippen LogP contribution in [-0.4, -0.2) is 18.3 Å². The van der Waals surface area contributed by atoms with E-state index in [-0.39, 0.29) is 12.0 Å². The molecule has 0 saturated heterocycles. The molecule has 0 spiro atoms. The monoisotopic (exact) mass is 220 g/mol. The minimum Gasteiger partial charge on any atom is -0.493 e. The Morgan fingerprint density at radius 1 is 1.25 bits per heavy atom. The summed E-state index contributed by atoms with van der Waals surface area (Å²) in [6, 6.07) is 8.07. The lowest BCUT2D eigenvalue weighted by molar-refractivity contribution is 0.218. The molecular formula is C14H20O2. The lowest BCUT2D eigenvalue weighted by Gasteiger charge is -2.22. The van der Waals surface area contributed by atoms with Crippen molar-refractivity contribution in [3.63, 3.8) is 0 Å². The van der Waals surface area contributed by atoms with Gasteiger partial charge in [-0.15, -0.1) is 0 Å². The number of hydrogen-bond donors (Lipinski definition) is 1. The number of rotatable bonds is 5. The van der Waals surface area contributed by atoms with Gasteiger partial charge in [0.05, 0.1) is 13.2 Å². The minimum absolute atomic E-state index is 0.162. The zero-order chi connectivity index (χ0) is 11.6. The molecule has 2 heteroatoms. The highest BCUT2D eigenvalue weighted by Gasteiger charge is 2.22. The van der Waals surface area contributed by atoms with Gasteiger partial charge in [0, 0.05) is 5.41 Å². The zero-order valence-electron chi connectivity index (χ0n) is 10.1. The summed E-state index contributed by atoms with van der Waals surface area (Å²) in [6.07, 6.45) is 2.63. The first kappa shape index (κ1) is 11.5. The first-order valence-electron chi connectivity index (χ1n) is 5.96. The van der Waals surface area contributed by atoms with Gasteiger partial charge in [0.15, 0.2) is 0 Å². The van der Waals surface area contributed by atoms with Crippen LogP contribution < -0.4 is 4.74 Å². The van der Waals surface area contributed by atoms with Gasteiger partial charge in [0.2, 0.25) is 0 Å². The highest BCUT2D eigenvalue weighted by molar-refractivity contribution is 5.31. The summed E-state index contributed by atoms with van der Waals surface area (Å²) in [7, 11) is 0. The fraction of sp³-hybridized carbons (Fsp3) is 0.571. The molecule has 1 fully saturated rings. The smallest absolute Gasteiger partial charge is 0.119 e. The second kappa shape index (κ2) is 4.46. The molecule has 0 aromatic heterocycles. The molecule has 0 atom stereocenters. The summed E-state index contributed by atoms with van der Waals surface area (Å²) in [4.78, 5) is 0. The van der Waals surface area contributed by atoms with Crippen LogP contribution in [0.2, 0.25) is 0 Å². The standard InChI is InChI=1S/C14H20O2/c1-14(2,10-15)12-5-7-13(8-6-12)16-9-11-3-4-11/h5-8,11,15H,3-4,9-10H2,1-2H3. The number of benzene rings is 1. The highest BCUT2D eigenvalue weighted by atomic mass is 16.5. The Bertz CT molecular complexity index is 336. The average Bonchev–Trinajstić information content (AvgIpc) is 3.11. The van der Waals surface area contributed by atoms with Crippen LogP contribution in [0.5, 0.6) is 5.75 Å². The Labute approximate surface area is 97.3 Å². The first-order chi connectivity index (χ1) is 7.62. The van der Waals surface area contributed by atoms with Crippen molar-refractivity contribution in [3.8, 4) is 5.75 Å². The quantitative estimate of drug-likeness (QED) is 0.826. The van der Waals surface area contributed by atoms with Gasteiger partial charge in [-0.25, -0.2) is 0 Å². The van der Waals surface area contributed by atoms with Crippen LogP contribution >= 0.6 is 0 Å². The number of aliphatic hydroxyl groups is 1. The second-order valence-electron chi connectivity index (χ2n) is 5.32. The summed E-state index contributed by atoms with van der Waals surface area (Å²) in [5.74, 6) is 1.72. The van der Waals surface area contributed by atoms with Gasteiger partial charge in [-0.1, -0.05) is 26.0 Å². The van der Waals surface area contributed by atoms with E-state index in [4.69, 9.17) is 4.74 Å². The third kappa shape index (κ3) is 2.76. The average molecular weight is 220 g/mol. The normalized spacial score (nSPS) is 16.2. The molecule has 1 aliphatic carbocycles. The van der Waals surface area contributed by atoms with Crippen molar-refractivity contribution in [3.05, 3.63) is 29.8 Å². The Kier molecular flexibility index (Phi) is 3.20. The van der Waals surface area contributed by atoms with Crippen molar-refractivity contribution in [1.29, 1.82) is 0 Å². The van der Waals surface area contributed by atoms with Gasteiger partial charge in [0.25, 0.3) is 0 Å². The number of ether oxygens (including phenoxy) is 1. The summed E-state index contributed by atoms with van der Waals surface area (Å²) in [6.45, 7) is 5.08. The predicted octanol–water partition coefficient (Wildman–Crippen LogP) is 2.75. The number of aliphatic hydroxyl groups excluding tert-OH is 1. The van der Waals surface area contributed by atoms with Crippen molar-refractivity contribution in [1.82, 2.24) is 0 Å². The number of hydrogen-bond acceptors (Lipinski definition) is 2. The molecule has 0 bridgehead atoms. The van der Waals surface area contributed by atoms with Gasteiger partial charge in [-0.2, -0.15) is 0 Å². The minimum atomic E-state index is -0.172. The van der Waals surface area contributed by atoms with Gasteiger partial charge < -0.3 is 9.84 Å².